The van der Waals surface area contributed by atoms with Crippen molar-refractivity contribution in [2.75, 3.05) is 12.4 Å². The van der Waals surface area contributed by atoms with Crippen LogP contribution in [-0.2, 0) is 10.2 Å². The van der Waals surface area contributed by atoms with Crippen LogP contribution in [0.5, 0.6) is 5.75 Å². The molecule has 0 bridgehead atoms. The van der Waals surface area contributed by atoms with Gasteiger partial charge in [-0.05, 0) is 30.3 Å². The third-order valence-electron chi connectivity index (χ3n) is 6.21. The molecule has 3 N–H and O–H groups in total. The molecule has 30 heavy (non-hydrogen) atoms. The predicted molar refractivity (Wildman–Crippen MR) is 118 cm³/mol. The number of benzene rings is 3. The number of ether oxygens (including phenoxy) is 1. The van der Waals surface area contributed by atoms with Crippen LogP contribution in [0.4, 0.5) is 5.69 Å². The summed E-state index contributed by atoms with van der Waals surface area (Å²) in [6, 6.07) is 21.9. The van der Waals surface area contributed by atoms with Gasteiger partial charge >= 0.3 is 0 Å². The molecule has 0 unspecified atom stereocenters. The maximum absolute atomic E-state index is 13.9. The second-order valence-electron chi connectivity index (χ2n) is 7.61. The van der Waals surface area contributed by atoms with Gasteiger partial charge in [0, 0.05) is 56.6 Å². The Balaban J connectivity index is 1.79. The van der Waals surface area contributed by atoms with E-state index in [0.29, 0.717) is 5.75 Å². The molecule has 5 aromatic rings. The molecular weight excluding hydrogens is 374 g/mol. The summed E-state index contributed by atoms with van der Waals surface area (Å²) >= 11 is 0. The van der Waals surface area contributed by atoms with Crippen LogP contribution in [0.3, 0.4) is 0 Å². The number of H-pyrrole nitrogens is 2. The highest BCUT2D eigenvalue weighted by Crippen LogP contribution is 2.52. The van der Waals surface area contributed by atoms with Crippen LogP contribution in [0, 0.1) is 0 Å². The Bertz CT molecular complexity index is 1370. The topological polar surface area (TPSA) is 69.9 Å². The predicted octanol–water partition coefficient (Wildman–Crippen LogP) is 4.94. The van der Waals surface area contributed by atoms with E-state index in [4.69, 9.17) is 4.74 Å². The maximum atomic E-state index is 13.9. The van der Waals surface area contributed by atoms with Gasteiger partial charge in [-0.15, -0.1) is 0 Å². The molecule has 0 radical (unpaired) electrons. The number of para-hydroxylation sites is 2. The zero-order valence-electron chi connectivity index (χ0n) is 16.3. The summed E-state index contributed by atoms with van der Waals surface area (Å²) in [6.45, 7) is 0. The number of anilines is 1. The van der Waals surface area contributed by atoms with E-state index in [1.165, 1.54) is 0 Å². The molecule has 5 heteroatoms. The molecule has 2 aromatic heterocycles. The van der Waals surface area contributed by atoms with Crippen molar-refractivity contribution in [3.8, 4) is 5.75 Å². The van der Waals surface area contributed by atoms with E-state index in [9.17, 15) is 4.79 Å². The number of aromatic amines is 2. The fourth-order valence-electron chi connectivity index (χ4n) is 4.85. The minimum absolute atomic E-state index is 0.0692. The Morgan fingerprint density at radius 2 is 1.37 bits per heavy atom. The van der Waals surface area contributed by atoms with Crippen molar-refractivity contribution in [3.05, 3.63) is 95.8 Å². The van der Waals surface area contributed by atoms with Gasteiger partial charge in [0.1, 0.15) is 11.2 Å². The fourth-order valence-corrected chi connectivity index (χ4v) is 4.85. The Morgan fingerprint density at radius 3 is 1.97 bits per heavy atom. The monoisotopic (exact) mass is 393 g/mol. The summed E-state index contributed by atoms with van der Waals surface area (Å²) < 4.78 is 5.52. The van der Waals surface area contributed by atoms with Gasteiger partial charge in [0.25, 0.3) is 0 Å². The van der Waals surface area contributed by atoms with E-state index in [-0.39, 0.29) is 5.91 Å². The van der Waals surface area contributed by atoms with Crippen LogP contribution in [0.25, 0.3) is 21.8 Å². The molecule has 0 saturated carbocycles. The van der Waals surface area contributed by atoms with Crippen LogP contribution in [0.1, 0.15) is 16.7 Å². The lowest BCUT2D eigenvalue weighted by Crippen LogP contribution is -2.36. The number of nitrogens with one attached hydrogen (secondary N) is 3. The molecule has 0 aliphatic carbocycles. The van der Waals surface area contributed by atoms with Crippen molar-refractivity contribution >= 4 is 33.4 Å². The Morgan fingerprint density at radius 1 is 0.767 bits per heavy atom. The van der Waals surface area contributed by atoms with E-state index < -0.39 is 5.41 Å². The van der Waals surface area contributed by atoms with E-state index >= 15 is 0 Å². The Labute approximate surface area is 172 Å². The van der Waals surface area contributed by atoms with Gasteiger partial charge in [-0.1, -0.05) is 36.4 Å². The van der Waals surface area contributed by atoms with Crippen LogP contribution in [0.2, 0.25) is 0 Å². The molecule has 0 spiro atoms. The van der Waals surface area contributed by atoms with Gasteiger partial charge < -0.3 is 20.0 Å². The zero-order chi connectivity index (χ0) is 20.3. The van der Waals surface area contributed by atoms with Crippen molar-refractivity contribution in [2.24, 2.45) is 0 Å². The molecule has 1 aliphatic rings. The molecule has 3 aromatic carbocycles. The quantitative estimate of drug-likeness (QED) is 0.406. The van der Waals surface area contributed by atoms with E-state index in [1.54, 1.807) is 7.11 Å². The number of hydrogen-bond acceptors (Lipinski definition) is 2. The van der Waals surface area contributed by atoms with Gasteiger partial charge in [0.2, 0.25) is 5.91 Å². The normalized spacial score (nSPS) is 14.8. The third kappa shape index (κ3) is 2.04. The van der Waals surface area contributed by atoms with Crippen molar-refractivity contribution in [1.82, 2.24) is 9.97 Å². The molecule has 0 atom stereocenters. The number of fused-ring (bicyclic) bond motifs is 3. The number of methoxy groups -OCH3 is 1. The first-order valence-corrected chi connectivity index (χ1v) is 9.86. The number of aromatic nitrogens is 2. The molecule has 1 aliphatic heterocycles. The van der Waals surface area contributed by atoms with Gasteiger partial charge in [-0.3, -0.25) is 4.79 Å². The standard InChI is InChI=1S/C25H19N3O2/c1-30-15-10-11-23-18(12-15)25(24(29)28-23,19-13-26-21-8-4-2-6-16(19)21)20-14-27-22-9-5-3-7-17(20)22/h2-14,26-27H,1H3,(H,28,29). The van der Waals surface area contributed by atoms with Crippen molar-refractivity contribution < 1.29 is 9.53 Å². The van der Waals surface area contributed by atoms with Gasteiger partial charge in [0.15, 0.2) is 0 Å². The SMILES string of the molecule is COc1ccc2c(c1)C(c1c[nH]c3ccccc13)(c1c[nH]c3ccccc13)C(=O)N2. The molecule has 0 saturated heterocycles. The lowest BCUT2D eigenvalue weighted by molar-refractivity contribution is -0.118. The first-order valence-electron chi connectivity index (χ1n) is 9.86. The largest absolute Gasteiger partial charge is 0.497 e. The number of amides is 1. The molecule has 0 fully saturated rings. The average molecular weight is 393 g/mol. The number of carbonyl (C=O) groups excluding carboxylic acids is 1. The second kappa shape index (κ2) is 6.00. The average Bonchev–Trinajstić information content (AvgIpc) is 3.47. The van der Waals surface area contributed by atoms with Gasteiger partial charge in [-0.25, -0.2) is 0 Å². The molecule has 6 rings (SSSR count). The van der Waals surface area contributed by atoms with Crippen LogP contribution >= 0.6 is 0 Å². The number of rotatable bonds is 3. The molecule has 5 nitrogen and oxygen atoms in total. The second-order valence-corrected chi connectivity index (χ2v) is 7.61. The number of hydrogen-bond donors (Lipinski definition) is 3. The first kappa shape index (κ1) is 16.9. The highest BCUT2D eigenvalue weighted by Gasteiger charge is 2.52. The third-order valence-corrected chi connectivity index (χ3v) is 6.21. The first-order chi connectivity index (χ1) is 14.7. The van der Waals surface area contributed by atoms with Crippen molar-refractivity contribution in [1.29, 1.82) is 0 Å². The van der Waals surface area contributed by atoms with Crippen molar-refractivity contribution in [2.45, 2.75) is 5.41 Å². The van der Waals surface area contributed by atoms with Crippen molar-refractivity contribution in [3.63, 3.8) is 0 Å². The highest BCUT2D eigenvalue weighted by molar-refractivity contribution is 6.15. The Hall–Kier alpha value is -3.99. The summed E-state index contributed by atoms with van der Waals surface area (Å²) in [5, 5.41) is 5.17. The summed E-state index contributed by atoms with van der Waals surface area (Å²) in [4.78, 5) is 20.6. The minimum atomic E-state index is -1.01. The van der Waals surface area contributed by atoms with Gasteiger partial charge in [-0.2, -0.15) is 0 Å². The van der Waals surface area contributed by atoms with E-state index in [1.807, 2.05) is 67.0 Å². The molecule has 146 valence electrons. The molecule has 3 heterocycles. The minimum Gasteiger partial charge on any atom is -0.497 e. The lowest BCUT2D eigenvalue weighted by Gasteiger charge is -2.28. The smallest absolute Gasteiger partial charge is 0.244 e. The summed E-state index contributed by atoms with van der Waals surface area (Å²) in [5.41, 5.74) is 4.52. The lowest BCUT2D eigenvalue weighted by atomic mass is 9.70. The zero-order valence-corrected chi connectivity index (χ0v) is 16.3. The van der Waals surface area contributed by atoms with E-state index in [0.717, 1.165) is 44.2 Å². The summed E-state index contributed by atoms with van der Waals surface area (Å²) in [5.74, 6) is 0.648. The summed E-state index contributed by atoms with van der Waals surface area (Å²) in [7, 11) is 1.64. The highest BCUT2D eigenvalue weighted by atomic mass is 16.5. The van der Waals surface area contributed by atoms with E-state index in [2.05, 4.69) is 27.4 Å². The summed E-state index contributed by atoms with van der Waals surface area (Å²) in [6.07, 6.45) is 3.92. The van der Waals surface area contributed by atoms with Crippen LogP contribution in [0.15, 0.2) is 79.1 Å². The fraction of sp³-hybridized carbons (Fsp3) is 0.0800. The molecular formula is C25H19N3O2. The van der Waals surface area contributed by atoms with Crippen LogP contribution in [-0.4, -0.2) is 23.0 Å². The van der Waals surface area contributed by atoms with Gasteiger partial charge in [0.05, 0.1) is 7.11 Å². The Kier molecular flexibility index (Phi) is 3.39. The maximum Gasteiger partial charge on any atom is 0.244 e. The van der Waals surface area contributed by atoms with Crippen LogP contribution < -0.4 is 10.1 Å². The molecule has 1 amide bonds. The number of carbonyl (C=O) groups is 1.